The van der Waals surface area contributed by atoms with Crippen LogP contribution in [0.25, 0.3) is 0 Å². The molecule has 0 spiro atoms. The maximum Gasteiger partial charge on any atom is 0.220 e. The molecule has 4 nitrogen and oxygen atoms in total. The summed E-state index contributed by atoms with van der Waals surface area (Å²) in [6.45, 7) is 4.82. The molecular weight excluding hydrogens is 258 g/mol. The summed E-state index contributed by atoms with van der Waals surface area (Å²) in [5, 5.41) is 3.14. The number of amides is 1. The summed E-state index contributed by atoms with van der Waals surface area (Å²) in [7, 11) is 0. The third-order valence-electron chi connectivity index (χ3n) is 3.59. The smallest absolute Gasteiger partial charge is 0.220 e. The van der Waals surface area contributed by atoms with Crippen molar-refractivity contribution in [3.63, 3.8) is 0 Å². The van der Waals surface area contributed by atoms with Gasteiger partial charge in [-0.05, 0) is 19.3 Å². The van der Waals surface area contributed by atoms with Crippen LogP contribution in [0.3, 0.4) is 0 Å². The van der Waals surface area contributed by atoms with E-state index in [0.29, 0.717) is 24.0 Å². The van der Waals surface area contributed by atoms with Crippen molar-refractivity contribution >= 4 is 23.1 Å². The van der Waals surface area contributed by atoms with Crippen LogP contribution in [-0.2, 0) is 4.79 Å². The molecule has 0 aliphatic carbocycles. The number of nitrogens with one attached hydrogen (secondary N) is 1. The van der Waals surface area contributed by atoms with Crippen LogP contribution in [0.4, 0.5) is 0 Å². The number of thiocarbonyl (C=S) groups is 1. The highest BCUT2D eigenvalue weighted by atomic mass is 32.1. The van der Waals surface area contributed by atoms with Gasteiger partial charge in [0.25, 0.3) is 0 Å². The molecule has 1 amide bonds. The Morgan fingerprint density at radius 3 is 2.58 bits per heavy atom. The van der Waals surface area contributed by atoms with Crippen LogP contribution < -0.4 is 11.1 Å². The predicted octanol–water partition coefficient (Wildman–Crippen LogP) is 1.82. The molecule has 1 aliphatic heterocycles. The van der Waals surface area contributed by atoms with Crippen molar-refractivity contribution in [1.29, 1.82) is 0 Å². The van der Waals surface area contributed by atoms with Crippen molar-refractivity contribution in [3.05, 3.63) is 0 Å². The Hall–Kier alpha value is -0.680. The Morgan fingerprint density at radius 1 is 1.32 bits per heavy atom. The fourth-order valence-corrected chi connectivity index (χ4v) is 2.65. The van der Waals surface area contributed by atoms with Crippen LogP contribution in [0, 0.1) is 0 Å². The first-order chi connectivity index (χ1) is 9.11. The van der Waals surface area contributed by atoms with E-state index in [0.717, 1.165) is 38.8 Å². The minimum atomic E-state index is 0.212. The summed E-state index contributed by atoms with van der Waals surface area (Å²) in [6, 6.07) is 0.335. The molecular formula is C14H27N3OS. The van der Waals surface area contributed by atoms with Gasteiger partial charge in [0.15, 0.2) is 0 Å². The largest absolute Gasteiger partial charge is 0.392 e. The molecule has 0 saturated carbocycles. The predicted molar refractivity (Wildman–Crippen MR) is 83.1 cm³/mol. The minimum Gasteiger partial charge on any atom is -0.392 e. The Bertz CT molecular complexity index is 288. The van der Waals surface area contributed by atoms with Crippen molar-refractivity contribution in [1.82, 2.24) is 10.2 Å². The zero-order valence-electron chi connectivity index (χ0n) is 12.0. The van der Waals surface area contributed by atoms with Gasteiger partial charge in [-0.15, -0.1) is 0 Å². The molecule has 0 aromatic rings. The number of likely N-dealkylation sites (tertiary alicyclic amines) is 1. The van der Waals surface area contributed by atoms with Gasteiger partial charge in [-0.1, -0.05) is 38.4 Å². The van der Waals surface area contributed by atoms with Gasteiger partial charge >= 0.3 is 0 Å². The molecule has 0 atom stereocenters. The number of nitrogens with zero attached hydrogens (tertiary/aromatic N) is 1. The van der Waals surface area contributed by atoms with E-state index in [9.17, 15) is 4.79 Å². The fourth-order valence-electron chi connectivity index (χ4n) is 2.47. The Morgan fingerprint density at radius 2 is 2.00 bits per heavy atom. The van der Waals surface area contributed by atoms with Crippen LogP contribution >= 0.6 is 12.2 Å². The lowest BCUT2D eigenvalue weighted by Gasteiger charge is -2.31. The van der Waals surface area contributed by atoms with E-state index >= 15 is 0 Å². The van der Waals surface area contributed by atoms with E-state index in [1.807, 2.05) is 0 Å². The molecule has 1 heterocycles. The van der Waals surface area contributed by atoms with Crippen molar-refractivity contribution in [2.24, 2.45) is 5.73 Å². The number of hydrogen-bond donors (Lipinski definition) is 2. The summed E-state index contributed by atoms with van der Waals surface area (Å²) >= 11 is 4.91. The van der Waals surface area contributed by atoms with Crippen LogP contribution in [0.1, 0.15) is 51.9 Å². The highest BCUT2D eigenvalue weighted by Crippen LogP contribution is 2.10. The fraction of sp³-hybridized carbons (Fsp3) is 0.857. The average Bonchev–Trinajstić information content (AvgIpc) is 2.36. The monoisotopic (exact) mass is 285 g/mol. The van der Waals surface area contributed by atoms with Gasteiger partial charge in [0.1, 0.15) is 0 Å². The van der Waals surface area contributed by atoms with Crippen LogP contribution in [0.2, 0.25) is 0 Å². The summed E-state index contributed by atoms with van der Waals surface area (Å²) in [6.07, 6.45) is 7.30. The molecule has 1 aliphatic rings. The SMILES string of the molecule is CCCCCCC(=O)NC1CCN(CC(N)=S)CC1. The number of nitrogens with two attached hydrogens (primary N) is 1. The number of rotatable bonds is 8. The van der Waals surface area contributed by atoms with E-state index in [4.69, 9.17) is 18.0 Å². The molecule has 0 radical (unpaired) electrons. The molecule has 0 unspecified atom stereocenters. The lowest BCUT2D eigenvalue weighted by molar-refractivity contribution is -0.122. The van der Waals surface area contributed by atoms with Gasteiger partial charge in [0.05, 0.1) is 4.99 Å². The van der Waals surface area contributed by atoms with Gasteiger partial charge in [-0.2, -0.15) is 0 Å². The topological polar surface area (TPSA) is 58.4 Å². The van der Waals surface area contributed by atoms with Crippen molar-refractivity contribution < 1.29 is 4.79 Å². The quantitative estimate of drug-likeness (QED) is 0.527. The second-order valence-corrected chi connectivity index (χ2v) is 5.92. The molecule has 0 aromatic carbocycles. The van der Waals surface area contributed by atoms with E-state index < -0.39 is 0 Å². The minimum absolute atomic E-state index is 0.212. The molecule has 19 heavy (non-hydrogen) atoms. The first-order valence-corrected chi connectivity index (χ1v) is 7.82. The highest BCUT2D eigenvalue weighted by Gasteiger charge is 2.20. The van der Waals surface area contributed by atoms with Crippen molar-refractivity contribution in [2.75, 3.05) is 19.6 Å². The first-order valence-electron chi connectivity index (χ1n) is 7.41. The second kappa shape index (κ2) is 9.26. The van der Waals surface area contributed by atoms with Gasteiger partial charge < -0.3 is 11.1 Å². The molecule has 3 N–H and O–H groups in total. The lowest BCUT2D eigenvalue weighted by atomic mass is 10.0. The Balaban J connectivity index is 2.11. The maximum absolute atomic E-state index is 11.8. The molecule has 1 fully saturated rings. The highest BCUT2D eigenvalue weighted by molar-refractivity contribution is 7.80. The molecule has 1 rings (SSSR count). The van der Waals surface area contributed by atoms with E-state index in [2.05, 4.69) is 17.1 Å². The molecule has 1 saturated heterocycles. The third kappa shape index (κ3) is 7.47. The molecule has 110 valence electrons. The number of piperidine rings is 1. The molecule has 5 heteroatoms. The number of unbranched alkanes of at least 4 members (excludes halogenated alkanes) is 3. The van der Waals surface area contributed by atoms with Crippen LogP contribution in [-0.4, -0.2) is 41.5 Å². The summed E-state index contributed by atoms with van der Waals surface area (Å²) in [5.74, 6) is 0.212. The Kier molecular flexibility index (Phi) is 7.98. The van der Waals surface area contributed by atoms with E-state index in [-0.39, 0.29) is 5.91 Å². The van der Waals surface area contributed by atoms with Gasteiger partial charge in [0, 0.05) is 32.1 Å². The number of carbonyl (C=O) groups excluding carboxylic acids is 1. The number of hydrogen-bond acceptors (Lipinski definition) is 3. The van der Waals surface area contributed by atoms with Crippen molar-refractivity contribution in [2.45, 2.75) is 57.9 Å². The van der Waals surface area contributed by atoms with E-state index in [1.54, 1.807) is 0 Å². The van der Waals surface area contributed by atoms with Crippen LogP contribution in [0.15, 0.2) is 0 Å². The summed E-state index contributed by atoms with van der Waals surface area (Å²) < 4.78 is 0. The molecule has 0 bridgehead atoms. The van der Waals surface area contributed by atoms with Crippen LogP contribution in [0.5, 0.6) is 0 Å². The van der Waals surface area contributed by atoms with Crippen molar-refractivity contribution in [3.8, 4) is 0 Å². The zero-order valence-corrected chi connectivity index (χ0v) is 12.8. The maximum atomic E-state index is 11.8. The zero-order chi connectivity index (χ0) is 14.1. The first kappa shape index (κ1) is 16.4. The average molecular weight is 285 g/mol. The number of carbonyl (C=O) groups is 1. The molecule has 0 aromatic heterocycles. The second-order valence-electron chi connectivity index (χ2n) is 5.39. The lowest BCUT2D eigenvalue weighted by Crippen LogP contribution is -2.46. The van der Waals surface area contributed by atoms with Gasteiger partial charge in [0.2, 0.25) is 5.91 Å². The third-order valence-corrected chi connectivity index (χ3v) is 3.72. The normalized spacial score (nSPS) is 17.3. The van der Waals surface area contributed by atoms with E-state index in [1.165, 1.54) is 12.8 Å². The Labute approximate surface area is 122 Å². The standard InChI is InChI=1S/C14H27N3OS/c1-2-3-4-5-6-14(18)16-12-7-9-17(10-8-12)11-13(15)19/h12H,2-11H2,1H3,(H2,15,19)(H,16,18). The summed E-state index contributed by atoms with van der Waals surface area (Å²) in [5.41, 5.74) is 5.54. The van der Waals surface area contributed by atoms with Gasteiger partial charge in [-0.3, -0.25) is 9.69 Å². The van der Waals surface area contributed by atoms with Gasteiger partial charge in [-0.25, -0.2) is 0 Å². The summed E-state index contributed by atoms with van der Waals surface area (Å²) in [4.78, 5) is 14.6.